The van der Waals surface area contributed by atoms with E-state index in [4.69, 9.17) is 0 Å². The molecule has 0 radical (unpaired) electrons. The number of anilines is 1. The third kappa shape index (κ3) is 6.39. The van der Waals surface area contributed by atoms with Gasteiger partial charge in [0.2, 0.25) is 11.8 Å². The lowest BCUT2D eigenvalue weighted by atomic mass is 10.1. The third-order valence-electron chi connectivity index (χ3n) is 3.71. The van der Waals surface area contributed by atoms with E-state index in [9.17, 15) is 14.4 Å². The molecular weight excluding hydrogens is 330 g/mol. The molecule has 0 atom stereocenters. The molecule has 0 saturated carbocycles. The number of amides is 3. The van der Waals surface area contributed by atoms with Gasteiger partial charge >= 0.3 is 0 Å². The molecule has 0 aromatic heterocycles. The van der Waals surface area contributed by atoms with Crippen LogP contribution in [0.15, 0.2) is 54.6 Å². The van der Waals surface area contributed by atoms with Crippen molar-refractivity contribution in [3.63, 3.8) is 0 Å². The normalized spacial score (nSPS) is 10.0. The highest BCUT2D eigenvalue weighted by molar-refractivity contribution is 5.96. The largest absolute Gasteiger partial charge is 0.326 e. The SMILES string of the molecule is CCCC(=O)Nc1ccc(C(=O)NNC(=O)CCc2ccccc2)cc1. The van der Waals surface area contributed by atoms with Crippen molar-refractivity contribution >= 4 is 23.4 Å². The fraction of sp³-hybridized carbons (Fsp3) is 0.250. The lowest BCUT2D eigenvalue weighted by molar-refractivity contribution is -0.121. The summed E-state index contributed by atoms with van der Waals surface area (Å²) in [5.74, 6) is -0.731. The van der Waals surface area contributed by atoms with Crippen LogP contribution in [-0.4, -0.2) is 17.7 Å². The Labute approximate surface area is 153 Å². The number of rotatable bonds is 7. The van der Waals surface area contributed by atoms with Crippen molar-refractivity contribution in [2.75, 3.05) is 5.32 Å². The zero-order valence-corrected chi connectivity index (χ0v) is 14.7. The standard InChI is InChI=1S/C20H23N3O3/c1-2-6-18(24)21-17-12-10-16(11-13-17)20(26)23-22-19(25)14-9-15-7-4-3-5-8-15/h3-5,7-8,10-13H,2,6,9,14H2,1H3,(H,21,24)(H,22,25)(H,23,26). The maximum absolute atomic E-state index is 12.0. The van der Waals surface area contributed by atoms with Gasteiger partial charge in [-0.1, -0.05) is 37.3 Å². The minimum absolute atomic E-state index is 0.0598. The van der Waals surface area contributed by atoms with Crippen LogP contribution in [0, 0.1) is 0 Å². The van der Waals surface area contributed by atoms with Crippen molar-refractivity contribution in [2.24, 2.45) is 0 Å². The Kier molecular flexibility index (Phi) is 7.36. The number of hydrogen-bond donors (Lipinski definition) is 3. The summed E-state index contributed by atoms with van der Waals surface area (Å²) >= 11 is 0. The number of aryl methyl sites for hydroxylation is 1. The van der Waals surface area contributed by atoms with Gasteiger partial charge in [-0.2, -0.15) is 0 Å². The smallest absolute Gasteiger partial charge is 0.269 e. The zero-order chi connectivity index (χ0) is 18.8. The summed E-state index contributed by atoms with van der Waals surface area (Å²) < 4.78 is 0. The van der Waals surface area contributed by atoms with Gasteiger partial charge in [-0.3, -0.25) is 25.2 Å². The van der Waals surface area contributed by atoms with Gasteiger partial charge in [-0.05, 0) is 42.7 Å². The summed E-state index contributed by atoms with van der Waals surface area (Å²) in [5, 5.41) is 2.75. The summed E-state index contributed by atoms with van der Waals surface area (Å²) in [6.07, 6.45) is 2.12. The minimum atomic E-state index is -0.413. The molecule has 2 rings (SSSR count). The van der Waals surface area contributed by atoms with E-state index >= 15 is 0 Å². The highest BCUT2D eigenvalue weighted by Gasteiger charge is 2.08. The summed E-state index contributed by atoms with van der Waals surface area (Å²) in [6.45, 7) is 1.93. The van der Waals surface area contributed by atoms with Crippen LogP contribution in [0.5, 0.6) is 0 Å². The lowest BCUT2D eigenvalue weighted by Crippen LogP contribution is -2.41. The summed E-state index contributed by atoms with van der Waals surface area (Å²) in [7, 11) is 0. The summed E-state index contributed by atoms with van der Waals surface area (Å²) in [5.41, 5.74) is 6.88. The van der Waals surface area contributed by atoms with Crippen molar-refractivity contribution in [3.8, 4) is 0 Å². The Morgan fingerprint density at radius 2 is 1.50 bits per heavy atom. The Hall–Kier alpha value is -3.15. The first-order valence-electron chi connectivity index (χ1n) is 8.61. The highest BCUT2D eigenvalue weighted by atomic mass is 16.2. The predicted molar refractivity (Wildman–Crippen MR) is 100 cm³/mol. The molecular formula is C20H23N3O3. The van der Waals surface area contributed by atoms with Crippen LogP contribution in [0.1, 0.15) is 42.1 Å². The van der Waals surface area contributed by atoms with Gasteiger partial charge in [-0.15, -0.1) is 0 Å². The first kappa shape index (κ1) is 19.2. The Balaban J connectivity index is 1.76. The van der Waals surface area contributed by atoms with Gasteiger partial charge in [0.05, 0.1) is 0 Å². The molecule has 6 nitrogen and oxygen atoms in total. The summed E-state index contributed by atoms with van der Waals surface area (Å²) in [4.78, 5) is 35.4. The zero-order valence-electron chi connectivity index (χ0n) is 14.7. The van der Waals surface area contributed by atoms with Crippen molar-refractivity contribution in [2.45, 2.75) is 32.6 Å². The first-order valence-corrected chi connectivity index (χ1v) is 8.61. The van der Waals surface area contributed by atoms with Crippen LogP contribution < -0.4 is 16.2 Å². The number of carbonyl (C=O) groups excluding carboxylic acids is 3. The number of hydrogen-bond acceptors (Lipinski definition) is 3. The van der Waals surface area contributed by atoms with E-state index in [-0.39, 0.29) is 18.2 Å². The average molecular weight is 353 g/mol. The number of nitrogens with one attached hydrogen (secondary N) is 3. The van der Waals surface area contributed by atoms with E-state index < -0.39 is 5.91 Å². The van der Waals surface area contributed by atoms with Crippen molar-refractivity contribution < 1.29 is 14.4 Å². The molecule has 0 saturated heterocycles. The molecule has 0 heterocycles. The van der Waals surface area contributed by atoms with Crippen LogP contribution in [-0.2, 0) is 16.0 Å². The third-order valence-corrected chi connectivity index (χ3v) is 3.71. The highest BCUT2D eigenvalue weighted by Crippen LogP contribution is 2.10. The van der Waals surface area contributed by atoms with Gasteiger partial charge < -0.3 is 5.32 Å². The van der Waals surface area contributed by atoms with Crippen molar-refractivity contribution in [1.29, 1.82) is 0 Å². The second-order valence-corrected chi connectivity index (χ2v) is 5.86. The van der Waals surface area contributed by atoms with Gasteiger partial charge in [0.15, 0.2) is 0 Å². The molecule has 2 aromatic carbocycles. The van der Waals surface area contributed by atoms with Gasteiger partial charge in [0, 0.05) is 24.1 Å². The predicted octanol–water partition coefficient (Wildman–Crippen LogP) is 2.82. The fourth-order valence-electron chi connectivity index (χ4n) is 2.32. The lowest BCUT2D eigenvalue weighted by Gasteiger charge is -2.09. The van der Waals surface area contributed by atoms with E-state index in [0.717, 1.165) is 12.0 Å². The van der Waals surface area contributed by atoms with Gasteiger partial charge in [0.25, 0.3) is 5.91 Å². The topological polar surface area (TPSA) is 87.3 Å². The average Bonchev–Trinajstić information content (AvgIpc) is 2.66. The second kappa shape index (κ2) is 9.98. The molecule has 0 unspecified atom stereocenters. The van der Waals surface area contributed by atoms with Crippen LogP contribution in [0.3, 0.4) is 0 Å². The molecule has 3 amide bonds. The van der Waals surface area contributed by atoms with Crippen LogP contribution in [0.4, 0.5) is 5.69 Å². The maximum atomic E-state index is 12.0. The second-order valence-electron chi connectivity index (χ2n) is 5.86. The van der Waals surface area contributed by atoms with E-state index in [2.05, 4.69) is 16.2 Å². The van der Waals surface area contributed by atoms with Gasteiger partial charge in [0.1, 0.15) is 0 Å². The van der Waals surface area contributed by atoms with E-state index in [0.29, 0.717) is 24.1 Å². The molecule has 0 spiro atoms. The molecule has 3 N–H and O–H groups in total. The van der Waals surface area contributed by atoms with Crippen LogP contribution in [0.2, 0.25) is 0 Å². The molecule has 26 heavy (non-hydrogen) atoms. The number of benzene rings is 2. The van der Waals surface area contributed by atoms with Crippen LogP contribution in [0.25, 0.3) is 0 Å². The number of hydrazine groups is 1. The Morgan fingerprint density at radius 3 is 2.15 bits per heavy atom. The molecule has 0 bridgehead atoms. The fourth-order valence-corrected chi connectivity index (χ4v) is 2.32. The molecule has 6 heteroatoms. The number of carbonyl (C=O) groups is 3. The monoisotopic (exact) mass is 353 g/mol. The molecule has 136 valence electrons. The molecule has 0 aliphatic heterocycles. The van der Waals surface area contributed by atoms with E-state index in [1.165, 1.54) is 0 Å². The Morgan fingerprint density at radius 1 is 0.808 bits per heavy atom. The quantitative estimate of drug-likeness (QED) is 0.669. The molecule has 2 aromatic rings. The van der Waals surface area contributed by atoms with Crippen molar-refractivity contribution in [3.05, 3.63) is 65.7 Å². The van der Waals surface area contributed by atoms with Crippen LogP contribution >= 0.6 is 0 Å². The van der Waals surface area contributed by atoms with Crippen molar-refractivity contribution in [1.82, 2.24) is 10.9 Å². The Bertz CT molecular complexity index is 743. The maximum Gasteiger partial charge on any atom is 0.269 e. The molecule has 0 aliphatic rings. The van der Waals surface area contributed by atoms with Gasteiger partial charge in [-0.25, -0.2) is 0 Å². The van der Waals surface area contributed by atoms with E-state index in [1.54, 1.807) is 24.3 Å². The van der Waals surface area contributed by atoms with E-state index in [1.807, 2.05) is 37.3 Å². The first-order chi connectivity index (χ1) is 12.6. The molecule has 0 aliphatic carbocycles. The molecule has 0 fully saturated rings. The summed E-state index contributed by atoms with van der Waals surface area (Å²) in [6, 6.07) is 16.1. The minimum Gasteiger partial charge on any atom is -0.326 e.